The van der Waals surface area contributed by atoms with Crippen LogP contribution in [0.1, 0.15) is 52.0 Å². The molecule has 0 spiro atoms. The first-order valence-electron chi connectivity index (χ1n) is 5.40. The summed E-state index contributed by atoms with van der Waals surface area (Å²) in [6.07, 6.45) is 1.98. The molecule has 0 aliphatic rings. The third kappa shape index (κ3) is 2.52. The molecule has 0 fully saturated rings. The van der Waals surface area contributed by atoms with Crippen LogP contribution in [0.4, 0.5) is 0 Å². The van der Waals surface area contributed by atoms with Crippen molar-refractivity contribution in [1.82, 2.24) is 9.78 Å². The van der Waals surface area contributed by atoms with E-state index in [4.69, 9.17) is 11.6 Å². The summed E-state index contributed by atoms with van der Waals surface area (Å²) < 4.78 is 1.79. The third-order valence-corrected chi connectivity index (χ3v) is 3.03. The van der Waals surface area contributed by atoms with Crippen molar-refractivity contribution in [3.8, 4) is 0 Å². The molecule has 0 saturated heterocycles. The summed E-state index contributed by atoms with van der Waals surface area (Å²) in [5.41, 5.74) is 0.737. The van der Waals surface area contributed by atoms with E-state index in [0.717, 1.165) is 12.1 Å². The smallest absolute Gasteiger partial charge is 0.0997 e. The van der Waals surface area contributed by atoms with Crippen LogP contribution in [-0.2, 0) is 0 Å². The third-order valence-electron chi connectivity index (χ3n) is 2.74. The summed E-state index contributed by atoms with van der Waals surface area (Å²) in [6, 6.07) is 0.214. The van der Waals surface area contributed by atoms with Gasteiger partial charge in [-0.1, -0.05) is 31.9 Å². The Bertz CT molecular complexity index is 322. The van der Waals surface area contributed by atoms with Gasteiger partial charge in [-0.2, -0.15) is 5.10 Å². The first kappa shape index (κ1) is 12.5. The fraction of sp³-hybridized carbons (Fsp3) is 0.727. The van der Waals surface area contributed by atoms with Gasteiger partial charge in [-0.3, -0.25) is 4.68 Å². The number of aromatic nitrogens is 2. The predicted molar refractivity (Wildman–Crippen MR) is 62.0 cm³/mol. The van der Waals surface area contributed by atoms with Gasteiger partial charge in [-0.05, 0) is 19.8 Å². The lowest BCUT2D eigenvalue weighted by Crippen LogP contribution is -2.16. The SMILES string of the molecule is CCC(C)C(O)c1c(Cl)cnn1C(C)C. The quantitative estimate of drug-likeness (QED) is 0.863. The van der Waals surface area contributed by atoms with Gasteiger partial charge in [-0.15, -0.1) is 0 Å². The van der Waals surface area contributed by atoms with E-state index in [0.29, 0.717) is 5.02 Å². The van der Waals surface area contributed by atoms with E-state index in [9.17, 15) is 5.11 Å². The van der Waals surface area contributed by atoms with Gasteiger partial charge in [0.25, 0.3) is 0 Å². The van der Waals surface area contributed by atoms with Gasteiger partial charge in [0.1, 0.15) is 0 Å². The molecular formula is C11H19ClN2O. The Labute approximate surface area is 96.1 Å². The molecule has 0 aliphatic heterocycles. The maximum absolute atomic E-state index is 10.1. The minimum atomic E-state index is -0.535. The maximum atomic E-state index is 10.1. The number of aliphatic hydroxyl groups is 1. The average Bonchev–Trinajstić information content (AvgIpc) is 2.58. The highest BCUT2D eigenvalue weighted by atomic mass is 35.5. The van der Waals surface area contributed by atoms with Gasteiger partial charge < -0.3 is 5.11 Å². The molecule has 1 aromatic rings. The molecule has 1 heterocycles. The largest absolute Gasteiger partial charge is 0.386 e. The van der Waals surface area contributed by atoms with Crippen molar-refractivity contribution in [2.75, 3.05) is 0 Å². The van der Waals surface area contributed by atoms with Crippen molar-refractivity contribution in [2.45, 2.75) is 46.3 Å². The lowest BCUT2D eigenvalue weighted by molar-refractivity contribution is 0.104. The topological polar surface area (TPSA) is 38.1 Å². The molecule has 3 nitrogen and oxygen atoms in total. The van der Waals surface area contributed by atoms with E-state index < -0.39 is 6.10 Å². The zero-order valence-electron chi connectivity index (χ0n) is 9.74. The average molecular weight is 231 g/mol. The number of rotatable bonds is 4. The van der Waals surface area contributed by atoms with E-state index >= 15 is 0 Å². The van der Waals surface area contributed by atoms with E-state index in [1.165, 1.54) is 0 Å². The Morgan fingerprint density at radius 2 is 2.07 bits per heavy atom. The molecule has 0 radical (unpaired) electrons. The summed E-state index contributed by atoms with van der Waals surface area (Å²) in [5.74, 6) is 0.191. The van der Waals surface area contributed by atoms with Crippen LogP contribution in [0.15, 0.2) is 6.20 Å². The van der Waals surface area contributed by atoms with Crippen molar-refractivity contribution < 1.29 is 5.11 Å². The summed E-state index contributed by atoms with van der Waals surface area (Å²) >= 11 is 6.04. The van der Waals surface area contributed by atoms with E-state index in [1.807, 2.05) is 20.8 Å². The Hall–Kier alpha value is -0.540. The number of aliphatic hydroxyl groups excluding tert-OH is 1. The van der Waals surface area contributed by atoms with Gasteiger partial charge in [0.15, 0.2) is 0 Å². The first-order chi connectivity index (χ1) is 6.99. The molecule has 0 aliphatic carbocycles. The zero-order valence-corrected chi connectivity index (χ0v) is 10.5. The van der Waals surface area contributed by atoms with Crippen LogP contribution in [0.25, 0.3) is 0 Å². The minimum Gasteiger partial charge on any atom is -0.386 e. The van der Waals surface area contributed by atoms with E-state index in [2.05, 4.69) is 12.0 Å². The molecule has 2 unspecified atom stereocenters. The molecule has 0 saturated carbocycles. The van der Waals surface area contributed by atoms with Gasteiger partial charge in [0.2, 0.25) is 0 Å². The monoisotopic (exact) mass is 230 g/mol. The first-order valence-corrected chi connectivity index (χ1v) is 5.77. The number of hydrogen-bond donors (Lipinski definition) is 1. The summed E-state index contributed by atoms with van der Waals surface area (Å²) in [5, 5.41) is 14.9. The summed E-state index contributed by atoms with van der Waals surface area (Å²) in [4.78, 5) is 0. The highest BCUT2D eigenvalue weighted by Crippen LogP contribution is 2.31. The van der Waals surface area contributed by atoms with Crippen LogP contribution in [0, 0.1) is 5.92 Å². The van der Waals surface area contributed by atoms with E-state index in [-0.39, 0.29) is 12.0 Å². The standard InChI is InChI=1S/C11H19ClN2O/c1-5-8(4)11(15)10-9(12)6-13-14(10)7(2)3/h6-8,11,15H,5H2,1-4H3. The Balaban J connectivity index is 3.06. The summed E-state index contributed by atoms with van der Waals surface area (Å²) in [7, 11) is 0. The van der Waals surface area contributed by atoms with Gasteiger partial charge in [0, 0.05) is 6.04 Å². The Morgan fingerprint density at radius 3 is 2.53 bits per heavy atom. The highest BCUT2D eigenvalue weighted by molar-refractivity contribution is 6.31. The minimum absolute atomic E-state index is 0.191. The second-order valence-electron chi connectivity index (χ2n) is 4.25. The Morgan fingerprint density at radius 1 is 1.47 bits per heavy atom. The van der Waals surface area contributed by atoms with Crippen LogP contribution >= 0.6 is 11.6 Å². The molecule has 15 heavy (non-hydrogen) atoms. The second-order valence-corrected chi connectivity index (χ2v) is 4.65. The lowest BCUT2D eigenvalue weighted by Gasteiger charge is -2.20. The molecule has 1 N–H and O–H groups in total. The van der Waals surface area contributed by atoms with Crippen LogP contribution in [0.2, 0.25) is 5.02 Å². The van der Waals surface area contributed by atoms with Crippen LogP contribution in [0.5, 0.6) is 0 Å². The van der Waals surface area contributed by atoms with Crippen LogP contribution < -0.4 is 0 Å². The molecule has 4 heteroatoms. The highest BCUT2D eigenvalue weighted by Gasteiger charge is 2.23. The molecule has 86 valence electrons. The van der Waals surface area contributed by atoms with Crippen molar-refractivity contribution in [3.05, 3.63) is 16.9 Å². The van der Waals surface area contributed by atoms with Crippen LogP contribution in [0.3, 0.4) is 0 Å². The van der Waals surface area contributed by atoms with Crippen molar-refractivity contribution in [2.24, 2.45) is 5.92 Å². The van der Waals surface area contributed by atoms with Gasteiger partial charge >= 0.3 is 0 Å². The second kappa shape index (κ2) is 4.99. The number of hydrogen-bond acceptors (Lipinski definition) is 2. The lowest BCUT2D eigenvalue weighted by atomic mass is 9.99. The molecule has 0 aromatic carbocycles. The number of halogens is 1. The fourth-order valence-electron chi connectivity index (χ4n) is 1.53. The molecule has 1 aromatic heterocycles. The predicted octanol–water partition coefficient (Wildman–Crippen LogP) is 3.20. The van der Waals surface area contributed by atoms with Gasteiger partial charge in [-0.25, -0.2) is 0 Å². The molecular weight excluding hydrogens is 212 g/mol. The summed E-state index contributed by atoms with van der Waals surface area (Å²) in [6.45, 7) is 8.11. The molecule has 0 amide bonds. The van der Waals surface area contributed by atoms with Crippen molar-refractivity contribution >= 4 is 11.6 Å². The van der Waals surface area contributed by atoms with Crippen molar-refractivity contribution in [1.29, 1.82) is 0 Å². The zero-order chi connectivity index (χ0) is 11.6. The van der Waals surface area contributed by atoms with E-state index in [1.54, 1.807) is 10.9 Å². The maximum Gasteiger partial charge on any atom is 0.0997 e. The molecule has 0 bridgehead atoms. The normalized spacial score (nSPS) is 15.7. The number of nitrogens with zero attached hydrogens (tertiary/aromatic N) is 2. The fourth-order valence-corrected chi connectivity index (χ4v) is 1.77. The Kier molecular flexibility index (Phi) is 4.17. The van der Waals surface area contributed by atoms with Crippen molar-refractivity contribution in [3.63, 3.8) is 0 Å². The van der Waals surface area contributed by atoms with Gasteiger partial charge in [0.05, 0.1) is 23.0 Å². The molecule has 2 atom stereocenters. The van der Waals surface area contributed by atoms with Crippen LogP contribution in [-0.4, -0.2) is 14.9 Å². The molecule has 1 rings (SSSR count).